The number of fused-ring (bicyclic) bond motifs is 1. The van der Waals surface area contributed by atoms with Crippen LogP contribution in [0.2, 0.25) is 0 Å². The van der Waals surface area contributed by atoms with E-state index in [1.54, 1.807) is 6.07 Å². The number of benzene rings is 2. The zero-order valence-corrected chi connectivity index (χ0v) is 17.0. The Labute approximate surface area is 172 Å². The standard InChI is InChI=1S/C20H19FN4O4S/c1-14-11-20(18-13-16(25(26)27)5-6-19(18)22-14)23-7-9-24(10-8-23)30(28,29)17-4-2-3-15(21)12-17/h2-6,11-13H,7-10H2,1H3. The van der Waals surface area contributed by atoms with Gasteiger partial charge in [0.15, 0.2) is 0 Å². The monoisotopic (exact) mass is 430 g/mol. The number of nitro benzene ring substituents is 1. The summed E-state index contributed by atoms with van der Waals surface area (Å²) in [6.45, 7) is 3.08. The fraction of sp³-hybridized carbons (Fsp3) is 0.250. The molecule has 1 aliphatic rings. The van der Waals surface area contributed by atoms with Gasteiger partial charge in [0.1, 0.15) is 5.82 Å². The minimum Gasteiger partial charge on any atom is -0.368 e. The lowest BCUT2D eigenvalue weighted by atomic mass is 10.1. The lowest BCUT2D eigenvalue weighted by Crippen LogP contribution is -2.48. The van der Waals surface area contributed by atoms with Gasteiger partial charge in [0, 0.05) is 55.1 Å². The Hall–Kier alpha value is -3.11. The summed E-state index contributed by atoms with van der Waals surface area (Å²) in [5.41, 5.74) is 2.16. The minimum absolute atomic E-state index is 0.0262. The molecule has 1 aliphatic heterocycles. The van der Waals surface area contributed by atoms with Gasteiger partial charge in [-0.2, -0.15) is 4.31 Å². The van der Waals surface area contributed by atoms with Crippen LogP contribution in [0.25, 0.3) is 10.9 Å². The predicted molar refractivity (Wildman–Crippen MR) is 111 cm³/mol. The quantitative estimate of drug-likeness (QED) is 0.466. The molecule has 0 bridgehead atoms. The second-order valence-electron chi connectivity index (χ2n) is 7.09. The number of hydrogen-bond acceptors (Lipinski definition) is 6. The van der Waals surface area contributed by atoms with Crippen LogP contribution >= 0.6 is 0 Å². The molecule has 3 aromatic rings. The van der Waals surface area contributed by atoms with Gasteiger partial charge in [-0.1, -0.05) is 6.07 Å². The third-order valence-electron chi connectivity index (χ3n) is 5.12. The van der Waals surface area contributed by atoms with E-state index < -0.39 is 20.8 Å². The molecule has 0 radical (unpaired) electrons. The van der Waals surface area contributed by atoms with E-state index in [9.17, 15) is 22.9 Å². The average molecular weight is 430 g/mol. The Bertz CT molecular complexity index is 1240. The van der Waals surface area contributed by atoms with E-state index in [1.807, 2.05) is 17.9 Å². The summed E-state index contributed by atoms with van der Waals surface area (Å²) in [5, 5.41) is 11.8. The molecule has 1 fully saturated rings. The molecule has 0 N–H and O–H groups in total. The van der Waals surface area contributed by atoms with Crippen molar-refractivity contribution in [3.8, 4) is 0 Å². The first-order chi connectivity index (χ1) is 14.3. The van der Waals surface area contributed by atoms with Crippen molar-refractivity contribution in [2.45, 2.75) is 11.8 Å². The Morgan fingerprint density at radius 3 is 2.47 bits per heavy atom. The lowest BCUT2D eigenvalue weighted by molar-refractivity contribution is -0.384. The molecular weight excluding hydrogens is 411 g/mol. The van der Waals surface area contributed by atoms with E-state index in [0.717, 1.165) is 17.4 Å². The second kappa shape index (κ2) is 7.62. The van der Waals surface area contributed by atoms with Gasteiger partial charge < -0.3 is 4.90 Å². The highest BCUT2D eigenvalue weighted by Crippen LogP contribution is 2.31. The third kappa shape index (κ3) is 3.71. The van der Waals surface area contributed by atoms with Gasteiger partial charge >= 0.3 is 0 Å². The number of sulfonamides is 1. The molecular formula is C20H19FN4O4S. The number of piperazine rings is 1. The molecule has 0 aliphatic carbocycles. The number of rotatable bonds is 4. The smallest absolute Gasteiger partial charge is 0.270 e. The molecule has 2 heterocycles. The number of aromatic nitrogens is 1. The van der Waals surface area contributed by atoms with Crippen molar-refractivity contribution in [1.29, 1.82) is 0 Å². The molecule has 0 spiro atoms. The van der Waals surface area contributed by atoms with Gasteiger partial charge in [0.05, 0.1) is 15.3 Å². The van der Waals surface area contributed by atoms with Crippen molar-refractivity contribution in [3.63, 3.8) is 0 Å². The largest absolute Gasteiger partial charge is 0.368 e. The molecule has 0 unspecified atom stereocenters. The normalized spacial score (nSPS) is 15.5. The maximum Gasteiger partial charge on any atom is 0.270 e. The third-order valence-corrected chi connectivity index (χ3v) is 7.02. The summed E-state index contributed by atoms with van der Waals surface area (Å²) in [6, 6.07) is 11.3. The molecule has 156 valence electrons. The zero-order valence-electron chi connectivity index (χ0n) is 16.2. The van der Waals surface area contributed by atoms with Crippen LogP contribution in [0.1, 0.15) is 5.69 Å². The number of pyridine rings is 1. The van der Waals surface area contributed by atoms with E-state index in [4.69, 9.17) is 0 Å². The lowest BCUT2D eigenvalue weighted by Gasteiger charge is -2.36. The second-order valence-corrected chi connectivity index (χ2v) is 9.03. The molecule has 0 saturated carbocycles. The number of aryl methyl sites for hydroxylation is 1. The van der Waals surface area contributed by atoms with Crippen molar-refractivity contribution in [1.82, 2.24) is 9.29 Å². The van der Waals surface area contributed by atoms with Crippen molar-refractivity contribution in [2.75, 3.05) is 31.1 Å². The SMILES string of the molecule is Cc1cc(N2CCN(S(=O)(=O)c3cccc(F)c3)CC2)c2cc([N+](=O)[O-])ccc2n1. The topological polar surface area (TPSA) is 96.7 Å². The van der Waals surface area contributed by atoms with Crippen LogP contribution in [-0.2, 0) is 10.0 Å². The first kappa shape index (κ1) is 20.2. The number of nitro groups is 1. The van der Waals surface area contributed by atoms with Gasteiger partial charge in [-0.25, -0.2) is 12.8 Å². The van der Waals surface area contributed by atoms with E-state index in [-0.39, 0.29) is 23.7 Å². The number of anilines is 1. The molecule has 0 amide bonds. The van der Waals surface area contributed by atoms with Gasteiger partial charge in [0.25, 0.3) is 5.69 Å². The Morgan fingerprint density at radius 2 is 1.80 bits per heavy atom. The van der Waals surface area contributed by atoms with Crippen molar-refractivity contribution < 1.29 is 17.7 Å². The van der Waals surface area contributed by atoms with Crippen LogP contribution in [0.3, 0.4) is 0 Å². The summed E-state index contributed by atoms with van der Waals surface area (Å²) < 4.78 is 40.5. The summed E-state index contributed by atoms with van der Waals surface area (Å²) >= 11 is 0. The van der Waals surface area contributed by atoms with Gasteiger partial charge in [-0.05, 0) is 37.3 Å². The van der Waals surface area contributed by atoms with Crippen molar-refractivity contribution >= 4 is 32.3 Å². The molecule has 30 heavy (non-hydrogen) atoms. The predicted octanol–water partition coefficient (Wildman–Crippen LogP) is 3.10. The zero-order chi connectivity index (χ0) is 21.5. The molecule has 4 rings (SSSR count). The average Bonchev–Trinajstić information content (AvgIpc) is 2.73. The fourth-order valence-electron chi connectivity index (χ4n) is 3.65. The van der Waals surface area contributed by atoms with Crippen molar-refractivity contribution in [2.24, 2.45) is 0 Å². The van der Waals surface area contributed by atoms with Crippen molar-refractivity contribution in [3.05, 3.63) is 70.2 Å². The van der Waals surface area contributed by atoms with Gasteiger partial charge in [0.2, 0.25) is 10.0 Å². The number of halogens is 1. The first-order valence-electron chi connectivity index (χ1n) is 9.32. The highest BCUT2D eigenvalue weighted by atomic mass is 32.2. The van der Waals surface area contributed by atoms with Crippen LogP contribution in [0.4, 0.5) is 15.8 Å². The minimum atomic E-state index is -3.79. The highest BCUT2D eigenvalue weighted by Gasteiger charge is 2.29. The van der Waals surface area contributed by atoms with E-state index in [2.05, 4.69) is 4.98 Å². The van der Waals surface area contributed by atoms with Crippen LogP contribution < -0.4 is 4.90 Å². The van der Waals surface area contributed by atoms with Gasteiger partial charge in [-0.3, -0.25) is 15.1 Å². The van der Waals surface area contributed by atoms with Crippen LogP contribution in [0.15, 0.2) is 53.4 Å². The molecule has 8 nitrogen and oxygen atoms in total. The summed E-state index contributed by atoms with van der Waals surface area (Å²) in [4.78, 5) is 17.1. The maximum absolute atomic E-state index is 13.5. The Kier molecular flexibility index (Phi) is 5.12. The van der Waals surface area contributed by atoms with E-state index in [1.165, 1.54) is 34.6 Å². The molecule has 1 aromatic heterocycles. The number of non-ortho nitro benzene ring substituents is 1. The van der Waals surface area contributed by atoms with Crippen LogP contribution in [-0.4, -0.2) is 48.8 Å². The Balaban J connectivity index is 1.62. The maximum atomic E-state index is 13.5. The summed E-state index contributed by atoms with van der Waals surface area (Å²) in [6.07, 6.45) is 0. The number of nitrogens with zero attached hydrogens (tertiary/aromatic N) is 4. The fourth-order valence-corrected chi connectivity index (χ4v) is 5.10. The highest BCUT2D eigenvalue weighted by molar-refractivity contribution is 7.89. The van der Waals surface area contributed by atoms with E-state index >= 15 is 0 Å². The van der Waals surface area contributed by atoms with E-state index in [0.29, 0.717) is 24.0 Å². The summed E-state index contributed by atoms with van der Waals surface area (Å²) in [5.74, 6) is -0.602. The first-order valence-corrected chi connectivity index (χ1v) is 10.8. The Morgan fingerprint density at radius 1 is 1.07 bits per heavy atom. The molecule has 2 aromatic carbocycles. The number of hydrogen-bond donors (Lipinski definition) is 0. The molecule has 0 atom stereocenters. The molecule has 10 heteroatoms. The summed E-state index contributed by atoms with van der Waals surface area (Å²) in [7, 11) is -3.79. The van der Waals surface area contributed by atoms with Crippen LogP contribution in [0.5, 0.6) is 0 Å². The van der Waals surface area contributed by atoms with Crippen LogP contribution in [0, 0.1) is 22.9 Å². The molecule has 1 saturated heterocycles. The van der Waals surface area contributed by atoms with Gasteiger partial charge in [-0.15, -0.1) is 0 Å².